The summed E-state index contributed by atoms with van der Waals surface area (Å²) in [5, 5.41) is 0. The van der Waals surface area contributed by atoms with Gasteiger partial charge in [0.25, 0.3) is 5.91 Å². The van der Waals surface area contributed by atoms with E-state index < -0.39 is 11.6 Å². The van der Waals surface area contributed by atoms with Crippen LogP contribution in [-0.2, 0) is 14.3 Å². The van der Waals surface area contributed by atoms with Crippen LogP contribution in [0.25, 0.3) is 0 Å². The first kappa shape index (κ1) is 21.7. The van der Waals surface area contributed by atoms with Crippen molar-refractivity contribution in [1.29, 1.82) is 0 Å². The normalized spacial score (nSPS) is 19.6. The molecule has 1 unspecified atom stereocenters. The number of methoxy groups -OCH3 is 1. The van der Waals surface area contributed by atoms with Crippen LogP contribution in [0.2, 0.25) is 0 Å². The van der Waals surface area contributed by atoms with Gasteiger partial charge in [-0.05, 0) is 50.2 Å². The van der Waals surface area contributed by atoms with Gasteiger partial charge in [-0.15, -0.1) is 0 Å². The molecule has 32 heavy (non-hydrogen) atoms. The lowest BCUT2D eigenvalue weighted by molar-refractivity contribution is -0.159. The highest BCUT2D eigenvalue weighted by molar-refractivity contribution is 6.15. The van der Waals surface area contributed by atoms with E-state index in [1.807, 2.05) is 13.8 Å². The molecule has 0 spiro atoms. The lowest BCUT2D eigenvalue weighted by Crippen LogP contribution is -2.70. The number of para-hydroxylation sites is 1. The van der Waals surface area contributed by atoms with Gasteiger partial charge < -0.3 is 19.1 Å². The molecule has 0 saturated carbocycles. The fourth-order valence-corrected chi connectivity index (χ4v) is 4.45. The number of benzene rings is 2. The molecule has 2 amide bonds. The second-order valence-corrected chi connectivity index (χ2v) is 7.99. The second kappa shape index (κ2) is 8.53. The first-order valence-corrected chi connectivity index (χ1v) is 10.6. The standard InChI is InChI=1S/C24H26N2O6/c1-16(2)25-22(28)19-6-4-5-7-20(19)26-21(27)12-13-24(25,26)23(29)32-15-14-31-18-10-8-17(30-3)9-11-18/h4-11,16H,12-15H2,1-3H3. The van der Waals surface area contributed by atoms with E-state index in [9.17, 15) is 14.4 Å². The summed E-state index contributed by atoms with van der Waals surface area (Å²) in [4.78, 5) is 42.5. The van der Waals surface area contributed by atoms with Crippen LogP contribution < -0.4 is 14.4 Å². The lowest BCUT2D eigenvalue weighted by Gasteiger charge is -2.50. The Labute approximate surface area is 186 Å². The van der Waals surface area contributed by atoms with Crippen molar-refractivity contribution in [3.63, 3.8) is 0 Å². The fraction of sp³-hybridized carbons (Fsp3) is 0.375. The first-order chi connectivity index (χ1) is 15.4. The van der Waals surface area contributed by atoms with Crippen molar-refractivity contribution >= 4 is 23.5 Å². The van der Waals surface area contributed by atoms with Gasteiger partial charge >= 0.3 is 5.97 Å². The molecule has 0 bridgehead atoms. The summed E-state index contributed by atoms with van der Waals surface area (Å²) in [7, 11) is 1.58. The Morgan fingerprint density at radius 1 is 1.03 bits per heavy atom. The number of nitrogens with zero attached hydrogens (tertiary/aromatic N) is 2. The van der Waals surface area contributed by atoms with E-state index >= 15 is 0 Å². The number of ether oxygens (including phenoxy) is 3. The van der Waals surface area contributed by atoms with Crippen molar-refractivity contribution in [2.75, 3.05) is 25.2 Å². The van der Waals surface area contributed by atoms with E-state index in [1.54, 1.807) is 55.6 Å². The Hall–Kier alpha value is -3.55. The highest BCUT2D eigenvalue weighted by atomic mass is 16.6. The Balaban J connectivity index is 1.54. The number of carbonyl (C=O) groups is 3. The zero-order valence-electron chi connectivity index (χ0n) is 18.4. The molecule has 2 heterocycles. The van der Waals surface area contributed by atoms with E-state index in [0.29, 0.717) is 22.7 Å². The Morgan fingerprint density at radius 3 is 2.41 bits per heavy atom. The molecule has 8 nitrogen and oxygen atoms in total. The van der Waals surface area contributed by atoms with Gasteiger partial charge in [0.15, 0.2) is 0 Å². The summed E-state index contributed by atoms with van der Waals surface area (Å²) in [6, 6.07) is 13.6. The largest absolute Gasteiger partial charge is 0.497 e. The maximum absolute atomic E-state index is 13.4. The quantitative estimate of drug-likeness (QED) is 0.488. The number of carbonyl (C=O) groups excluding carboxylic acids is 3. The smallest absolute Gasteiger partial charge is 0.353 e. The molecule has 1 atom stereocenters. The zero-order valence-corrected chi connectivity index (χ0v) is 18.4. The van der Waals surface area contributed by atoms with Crippen LogP contribution in [0.4, 0.5) is 5.69 Å². The molecule has 2 aliphatic rings. The minimum absolute atomic E-state index is 0.0174. The number of hydrogen-bond acceptors (Lipinski definition) is 6. The molecular weight excluding hydrogens is 412 g/mol. The molecule has 2 aromatic rings. The van der Waals surface area contributed by atoms with Crippen molar-refractivity contribution in [3.8, 4) is 11.5 Å². The average molecular weight is 438 g/mol. The van der Waals surface area contributed by atoms with Crippen LogP contribution in [0.5, 0.6) is 11.5 Å². The second-order valence-electron chi connectivity index (χ2n) is 7.99. The Morgan fingerprint density at radius 2 is 1.72 bits per heavy atom. The van der Waals surface area contributed by atoms with Crippen LogP contribution in [0.15, 0.2) is 48.5 Å². The van der Waals surface area contributed by atoms with Crippen molar-refractivity contribution in [1.82, 2.24) is 4.90 Å². The van der Waals surface area contributed by atoms with Gasteiger partial charge in [-0.25, -0.2) is 4.79 Å². The molecule has 8 heteroatoms. The van der Waals surface area contributed by atoms with E-state index in [0.717, 1.165) is 0 Å². The number of fused-ring (bicyclic) bond motifs is 3. The van der Waals surface area contributed by atoms with E-state index in [2.05, 4.69) is 0 Å². The van der Waals surface area contributed by atoms with Gasteiger partial charge in [0.1, 0.15) is 24.7 Å². The van der Waals surface area contributed by atoms with Gasteiger partial charge in [0, 0.05) is 18.9 Å². The molecule has 0 aromatic heterocycles. The van der Waals surface area contributed by atoms with E-state index in [-0.39, 0.29) is 43.9 Å². The maximum Gasteiger partial charge on any atom is 0.353 e. The van der Waals surface area contributed by atoms with Crippen molar-refractivity contribution in [3.05, 3.63) is 54.1 Å². The molecule has 168 valence electrons. The van der Waals surface area contributed by atoms with Gasteiger partial charge in [-0.1, -0.05) is 12.1 Å². The highest BCUT2D eigenvalue weighted by Gasteiger charge is 2.62. The zero-order chi connectivity index (χ0) is 22.9. The van der Waals surface area contributed by atoms with Crippen molar-refractivity contribution < 1.29 is 28.6 Å². The van der Waals surface area contributed by atoms with E-state index in [1.165, 1.54) is 9.80 Å². The summed E-state index contributed by atoms with van der Waals surface area (Å²) < 4.78 is 16.3. The molecule has 1 saturated heterocycles. The highest BCUT2D eigenvalue weighted by Crippen LogP contribution is 2.45. The Bertz CT molecular complexity index is 1040. The van der Waals surface area contributed by atoms with Crippen LogP contribution in [0.1, 0.15) is 37.0 Å². The number of esters is 1. The third kappa shape index (κ3) is 3.45. The molecule has 1 fully saturated rings. The van der Waals surface area contributed by atoms with Crippen LogP contribution >= 0.6 is 0 Å². The third-order valence-electron chi connectivity index (χ3n) is 5.79. The summed E-state index contributed by atoms with van der Waals surface area (Å²) in [6.45, 7) is 3.77. The average Bonchev–Trinajstić information content (AvgIpc) is 3.15. The number of hydrogen-bond donors (Lipinski definition) is 0. The summed E-state index contributed by atoms with van der Waals surface area (Å²) >= 11 is 0. The van der Waals surface area contributed by atoms with Gasteiger partial charge in [0.05, 0.1) is 18.4 Å². The van der Waals surface area contributed by atoms with Gasteiger partial charge in [0.2, 0.25) is 11.6 Å². The summed E-state index contributed by atoms with van der Waals surface area (Å²) in [6.07, 6.45) is 0.338. The monoisotopic (exact) mass is 438 g/mol. The minimum atomic E-state index is -1.49. The molecular formula is C24H26N2O6. The Kier molecular flexibility index (Phi) is 5.78. The molecule has 0 N–H and O–H groups in total. The fourth-order valence-electron chi connectivity index (χ4n) is 4.45. The topological polar surface area (TPSA) is 85.4 Å². The molecule has 4 rings (SSSR count). The van der Waals surface area contributed by atoms with Crippen molar-refractivity contribution in [2.45, 2.75) is 38.4 Å². The number of amides is 2. The number of rotatable bonds is 7. The number of anilines is 1. The van der Waals surface area contributed by atoms with Crippen LogP contribution in [-0.4, -0.2) is 54.7 Å². The molecule has 2 aliphatic heterocycles. The lowest BCUT2D eigenvalue weighted by atomic mass is 9.95. The summed E-state index contributed by atoms with van der Waals surface area (Å²) in [5.41, 5.74) is -0.636. The summed E-state index contributed by atoms with van der Waals surface area (Å²) in [5.74, 6) is 0.210. The predicted octanol–water partition coefficient (Wildman–Crippen LogP) is 3.00. The third-order valence-corrected chi connectivity index (χ3v) is 5.79. The maximum atomic E-state index is 13.4. The van der Waals surface area contributed by atoms with Crippen LogP contribution in [0, 0.1) is 0 Å². The predicted molar refractivity (Wildman–Crippen MR) is 117 cm³/mol. The first-order valence-electron chi connectivity index (χ1n) is 10.6. The SMILES string of the molecule is COc1ccc(OCCOC(=O)C23CCC(=O)N2c2ccccc2C(=O)N3C(C)C)cc1. The van der Waals surface area contributed by atoms with Gasteiger partial charge in [-0.3, -0.25) is 14.5 Å². The van der Waals surface area contributed by atoms with E-state index in [4.69, 9.17) is 14.2 Å². The van der Waals surface area contributed by atoms with Gasteiger partial charge in [-0.2, -0.15) is 0 Å². The van der Waals surface area contributed by atoms with Crippen molar-refractivity contribution in [2.24, 2.45) is 0 Å². The molecule has 0 aliphatic carbocycles. The minimum Gasteiger partial charge on any atom is -0.497 e. The molecule has 0 radical (unpaired) electrons. The van der Waals surface area contributed by atoms with Crippen LogP contribution in [0.3, 0.4) is 0 Å². The molecule has 2 aromatic carbocycles.